The Bertz CT molecular complexity index is 411. The van der Waals surface area contributed by atoms with Crippen LogP contribution < -0.4 is 5.32 Å². The van der Waals surface area contributed by atoms with E-state index in [9.17, 15) is 9.90 Å². The number of nitrogens with one attached hydrogen (secondary N) is 1. The Morgan fingerprint density at radius 1 is 1.38 bits per heavy atom. The van der Waals surface area contributed by atoms with E-state index in [0.29, 0.717) is 11.1 Å². The monoisotopic (exact) mass is 261 g/mol. The van der Waals surface area contributed by atoms with Crippen molar-refractivity contribution in [1.82, 2.24) is 5.32 Å². The first kappa shape index (κ1) is 11.7. The molecular weight excluding hydrogens is 253 g/mol. The molecule has 0 saturated carbocycles. The first-order valence-corrected chi connectivity index (χ1v) is 5.48. The third-order valence-electron chi connectivity index (χ3n) is 2.28. The molecule has 1 aromatic rings. The second-order valence-electron chi connectivity index (χ2n) is 3.31. The zero-order valence-electron chi connectivity index (χ0n) is 8.06. The van der Waals surface area contributed by atoms with Crippen molar-refractivity contribution in [3.05, 3.63) is 35.4 Å². The predicted octanol–water partition coefficient (Wildman–Crippen LogP) is 1.63. The van der Waals surface area contributed by atoms with E-state index in [4.69, 9.17) is 27.9 Å². The number of fused-ring (bicyclic) bond motifs is 1. The van der Waals surface area contributed by atoms with Gasteiger partial charge in [0.05, 0.1) is 0 Å². The second kappa shape index (κ2) is 4.59. The number of benzene rings is 1. The summed E-state index contributed by atoms with van der Waals surface area (Å²) in [4.78, 5) is 10.1. The molecule has 86 valence electrons. The summed E-state index contributed by atoms with van der Waals surface area (Å²) in [6.07, 6.45) is -1.75. The lowest BCUT2D eigenvalue weighted by Gasteiger charge is -2.14. The number of aliphatic hydroxyl groups is 1. The first-order valence-electron chi connectivity index (χ1n) is 4.60. The summed E-state index contributed by atoms with van der Waals surface area (Å²) in [6.45, 7) is 0. The molecule has 0 radical (unpaired) electrons. The number of hydrogen-bond acceptors (Lipinski definition) is 3. The van der Waals surface area contributed by atoms with Crippen LogP contribution >= 0.6 is 23.2 Å². The molecule has 6 heteroatoms. The minimum absolute atomic E-state index is 0.558. The van der Waals surface area contributed by atoms with Crippen LogP contribution in [0.1, 0.15) is 23.6 Å². The van der Waals surface area contributed by atoms with Gasteiger partial charge in [0, 0.05) is 11.1 Å². The average molecular weight is 262 g/mol. The van der Waals surface area contributed by atoms with E-state index in [1.165, 1.54) is 0 Å². The largest absolute Gasteiger partial charge is 0.364 e. The summed E-state index contributed by atoms with van der Waals surface area (Å²) in [5.41, 5.74) is 1.34. The highest BCUT2D eigenvalue weighted by Crippen LogP contribution is 2.35. The highest BCUT2D eigenvalue weighted by Gasteiger charge is 2.31. The molecule has 1 aliphatic heterocycles. The molecule has 0 fully saturated rings. The van der Waals surface area contributed by atoms with Crippen molar-refractivity contribution in [2.45, 2.75) is 17.4 Å². The minimum Gasteiger partial charge on any atom is -0.364 e. The van der Waals surface area contributed by atoms with Gasteiger partial charge in [-0.2, -0.15) is 0 Å². The summed E-state index contributed by atoms with van der Waals surface area (Å²) in [5.74, 6) is -0.558. The molecule has 2 N–H and O–H groups in total. The van der Waals surface area contributed by atoms with Crippen LogP contribution in [0.5, 0.6) is 0 Å². The molecule has 0 aliphatic carbocycles. The van der Waals surface area contributed by atoms with Crippen molar-refractivity contribution in [3.8, 4) is 0 Å². The molecule has 1 aromatic carbocycles. The van der Waals surface area contributed by atoms with Gasteiger partial charge < -0.3 is 15.2 Å². The lowest BCUT2D eigenvalue weighted by Crippen LogP contribution is -2.32. The third kappa shape index (κ3) is 2.15. The summed E-state index contributed by atoms with van der Waals surface area (Å²) >= 11 is 10.8. The summed E-state index contributed by atoms with van der Waals surface area (Å²) < 4.78 is 5.16. The van der Waals surface area contributed by atoms with E-state index >= 15 is 0 Å². The normalized spacial score (nSPS) is 23.2. The molecule has 0 saturated heterocycles. The molecule has 16 heavy (non-hydrogen) atoms. The lowest BCUT2D eigenvalue weighted by molar-refractivity contribution is -0.143. The van der Waals surface area contributed by atoms with E-state index in [1.54, 1.807) is 24.3 Å². The molecule has 1 amide bonds. The van der Waals surface area contributed by atoms with Crippen molar-refractivity contribution in [2.24, 2.45) is 0 Å². The Balaban J connectivity index is 2.18. The fourth-order valence-corrected chi connectivity index (χ4v) is 1.68. The Labute approximate surface area is 102 Å². The van der Waals surface area contributed by atoms with E-state index < -0.39 is 23.3 Å². The van der Waals surface area contributed by atoms with Gasteiger partial charge in [0.25, 0.3) is 5.91 Å². The molecular formula is C10H9Cl2NO3. The van der Waals surface area contributed by atoms with Crippen LogP contribution in [-0.2, 0) is 9.53 Å². The maximum Gasteiger partial charge on any atom is 0.255 e. The van der Waals surface area contributed by atoms with Gasteiger partial charge >= 0.3 is 0 Å². The number of rotatable bonds is 2. The Kier molecular flexibility index (Phi) is 3.35. The minimum atomic E-state index is -1.16. The number of ether oxygens (including phenoxy) is 1. The topological polar surface area (TPSA) is 58.6 Å². The number of carbonyl (C=O) groups is 1. The molecule has 4 nitrogen and oxygen atoms in total. The van der Waals surface area contributed by atoms with Crippen molar-refractivity contribution in [3.63, 3.8) is 0 Å². The zero-order valence-corrected chi connectivity index (χ0v) is 9.57. The standard InChI is InChI=1S/C10H9Cl2NO3/c11-7(12)8(14)13-9-5-3-1-2-4-6(5)10(15)16-9/h1-4,7,9-10,15H,(H,13,14). The van der Waals surface area contributed by atoms with Gasteiger partial charge in [0.15, 0.2) is 17.4 Å². The number of halogens is 2. The van der Waals surface area contributed by atoms with E-state index in [1.807, 2.05) is 0 Å². The SMILES string of the molecule is O=C(NC1OC(O)c2ccccc21)C(Cl)Cl. The Hall–Kier alpha value is -0.810. The summed E-state index contributed by atoms with van der Waals surface area (Å²) in [6, 6.07) is 7.05. The van der Waals surface area contributed by atoms with Crippen LogP contribution in [0.25, 0.3) is 0 Å². The number of hydrogen-bond donors (Lipinski definition) is 2. The van der Waals surface area contributed by atoms with Crippen molar-refractivity contribution < 1.29 is 14.6 Å². The quantitative estimate of drug-likeness (QED) is 0.796. The first-order chi connectivity index (χ1) is 7.59. The highest BCUT2D eigenvalue weighted by atomic mass is 35.5. The van der Waals surface area contributed by atoms with Crippen LogP contribution in [0, 0.1) is 0 Å². The van der Waals surface area contributed by atoms with Crippen LogP contribution in [0.15, 0.2) is 24.3 Å². The number of amides is 1. The zero-order chi connectivity index (χ0) is 11.7. The average Bonchev–Trinajstić information content (AvgIpc) is 2.57. The molecule has 0 bridgehead atoms. The highest BCUT2D eigenvalue weighted by molar-refractivity contribution is 6.53. The van der Waals surface area contributed by atoms with Gasteiger partial charge in [-0.3, -0.25) is 4.79 Å². The summed E-state index contributed by atoms with van der Waals surface area (Å²) in [5, 5.41) is 12.0. The van der Waals surface area contributed by atoms with Crippen molar-refractivity contribution >= 4 is 29.1 Å². The van der Waals surface area contributed by atoms with Crippen molar-refractivity contribution in [1.29, 1.82) is 0 Å². The van der Waals surface area contributed by atoms with Gasteiger partial charge in [-0.25, -0.2) is 0 Å². The number of alkyl halides is 2. The van der Waals surface area contributed by atoms with Crippen molar-refractivity contribution in [2.75, 3.05) is 0 Å². The maximum absolute atomic E-state index is 11.3. The third-order valence-corrected chi connectivity index (χ3v) is 2.68. The van der Waals surface area contributed by atoms with Crippen LogP contribution in [0.4, 0.5) is 0 Å². The fraction of sp³-hybridized carbons (Fsp3) is 0.300. The molecule has 1 heterocycles. The lowest BCUT2D eigenvalue weighted by atomic mass is 10.1. The van der Waals surface area contributed by atoms with E-state index in [-0.39, 0.29) is 0 Å². The summed E-state index contributed by atoms with van der Waals surface area (Å²) in [7, 11) is 0. The smallest absolute Gasteiger partial charge is 0.255 e. The van der Waals surface area contributed by atoms with Gasteiger partial charge in [-0.15, -0.1) is 0 Å². The number of carbonyl (C=O) groups excluding carboxylic acids is 1. The van der Waals surface area contributed by atoms with Crippen LogP contribution in [0.2, 0.25) is 0 Å². The molecule has 2 rings (SSSR count). The van der Waals surface area contributed by atoms with E-state index in [2.05, 4.69) is 5.32 Å². The fourth-order valence-electron chi connectivity index (χ4n) is 1.55. The van der Waals surface area contributed by atoms with Gasteiger partial charge in [0.1, 0.15) is 0 Å². The molecule has 2 atom stereocenters. The molecule has 1 aliphatic rings. The van der Waals surface area contributed by atoms with Gasteiger partial charge in [-0.1, -0.05) is 47.5 Å². The Morgan fingerprint density at radius 3 is 2.62 bits per heavy atom. The molecule has 0 aromatic heterocycles. The van der Waals surface area contributed by atoms with Gasteiger partial charge in [0.2, 0.25) is 0 Å². The van der Waals surface area contributed by atoms with Gasteiger partial charge in [-0.05, 0) is 0 Å². The second-order valence-corrected chi connectivity index (χ2v) is 4.40. The Morgan fingerprint density at radius 2 is 2.00 bits per heavy atom. The number of aliphatic hydroxyl groups excluding tert-OH is 1. The van der Waals surface area contributed by atoms with Crippen LogP contribution in [-0.4, -0.2) is 15.8 Å². The predicted molar refractivity (Wildman–Crippen MR) is 58.9 cm³/mol. The molecule has 0 spiro atoms. The van der Waals surface area contributed by atoms with E-state index in [0.717, 1.165) is 0 Å². The maximum atomic E-state index is 11.3. The molecule has 2 unspecified atom stereocenters. The van der Waals surface area contributed by atoms with Crippen LogP contribution in [0.3, 0.4) is 0 Å².